The molecule has 0 bridgehead atoms. The molecule has 0 radical (unpaired) electrons. The number of aromatic nitrogens is 2. The van der Waals surface area contributed by atoms with Crippen molar-refractivity contribution in [3.05, 3.63) is 29.6 Å². The van der Waals surface area contributed by atoms with Gasteiger partial charge in [0.1, 0.15) is 5.82 Å². The van der Waals surface area contributed by atoms with E-state index in [-0.39, 0.29) is 5.91 Å². The lowest BCUT2D eigenvalue weighted by molar-refractivity contribution is 0.0764. The number of hydrogen-bond acceptors (Lipinski definition) is 4. The fourth-order valence-electron chi connectivity index (χ4n) is 2.97. The fraction of sp³-hybridized carbons (Fsp3) is 0.500. The Morgan fingerprint density at radius 2 is 2.04 bits per heavy atom. The average molecular weight is 350 g/mol. The quantitative estimate of drug-likeness (QED) is 0.902. The van der Waals surface area contributed by atoms with Gasteiger partial charge in [0.2, 0.25) is 10.0 Å². The molecule has 3 rings (SSSR count). The Hall–Kier alpha value is -1.93. The molecule has 2 heterocycles. The van der Waals surface area contributed by atoms with Crippen LogP contribution in [-0.2, 0) is 16.4 Å². The summed E-state index contributed by atoms with van der Waals surface area (Å²) in [6.45, 7) is 3.80. The van der Waals surface area contributed by atoms with Crippen molar-refractivity contribution in [1.29, 1.82) is 0 Å². The van der Waals surface area contributed by atoms with E-state index in [1.807, 2.05) is 19.1 Å². The molecule has 0 saturated carbocycles. The minimum atomic E-state index is -3.21. The smallest absolute Gasteiger partial charge is 0.253 e. The highest BCUT2D eigenvalue weighted by atomic mass is 32.2. The van der Waals surface area contributed by atoms with E-state index >= 15 is 0 Å². The third kappa shape index (κ3) is 3.44. The van der Waals surface area contributed by atoms with Gasteiger partial charge in [-0.3, -0.25) is 4.79 Å². The molecule has 1 saturated heterocycles. The Kier molecular flexibility index (Phi) is 4.60. The van der Waals surface area contributed by atoms with E-state index in [4.69, 9.17) is 0 Å². The second-order valence-electron chi connectivity index (χ2n) is 6.08. The number of nitrogens with zero attached hydrogens (tertiary/aromatic N) is 3. The zero-order valence-corrected chi connectivity index (χ0v) is 14.8. The summed E-state index contributed by atoms with van der Waals surface area (Å²) in [7, 11) is -3.21. The van der Waals surface area contributed by atoms with Gasteiger partial charge in [-0.25, -0.2) is 17.7 Å². The molecule has 2 aromatic rings. The number of hydrogen-bond donors (Lipinski definition) is 1. The largest absolute Gasteiger partial charge is 0.342 e. The molecule has 0 atom stereocenters. The highest BCUT2D eigenvalue weighted by molar-refractivity contribution is 7.88. The second kappa shape index (κ2) is 6.52. The first-order valence-electron chi connectivity index (χ1n) is 8.11. The Morgan fingerprint density at radius 1 is 1.25 bits per heavy atom. The molecule has 130 valence electrons. The molecular weight excluding hydrogens is 328 g/mol. The summed E-state index contributed by atoms with van der Waals surface area (Å²) in [6.07, 6.45) is 2.67. The lowest BCUT2D eigenvalue weighted by Gasteiger charge is -2.21. The standard InChI is InChI=1S/C16H22N4O3S/c1-3-15-17-13-6-5-12(11-14(13)18-15)16(21)19-7-4-8-20(10-9-19)24(2,22)23/h5-6,11H,3-4,7-10H2,1-2H3,(H,17,18). The van der Waals surface area contributed by atoms with Gasteiger partial charge in [0, 0.05) is 38.2 Å². The molecule has 7 nitrogen and oxygen atoms in total. The Balaban J connectivity index is 1.78. The number of nitrogens with one attached hydrogen (secondary N) is 1. The molecule has 24 heavy (non-hydrogen) atoms. The van der Waals surface area contributed by atoms with Crippen LogP contribution in [-0.4, -0.2) is 65.9 Å². The zero-order valence-electron chi connectivity index (χ0n) is 13.9. The summed E-state index contributed by atoms with van der Waals surface area (Å²) >= 11 is 0. The molecule has 0 aliphatic carbocycles. The van der Waals surface area contributed by atoms with Gasteiger partial charge in [0.15, 0.2) is 0 Å². The van der Waals surface area contributed by atoms with Crippen LogP contribution in [0.25, 0.3) is 11.0 Å². The van der Waals surface area contributed by atoms with E-state index in [0.717, 1.165) is 23.3 Å². The first kappa shape index (κ1) is 16.9. The highest BCUT2D eigenvalue weighted by Crippen LogP contribution is 2.17. The maximum absolute atomic E-state index is 12.8. The van der Waals surface area contributed by atoms with Crippen molar-refractivity contribution in [3.63, 3.8) is 0 Å². The number of aryl methyl sites for hydroxylation is 1. The number of imidazole rings is 1. The van der Waals surface area contributed by atoms with Crippen molar-refractivity contribution >= 4 is 27.0 Å². The van der Waals surface area contributed by atoms with E-state index in [2.05, 4.69) is 9.97 Å². The van der Waals surface area contributed by atoms with Gasteiger partial charge in [0.25, 0.3) is 5.91 Å². The summed E-state index contributed by atoms with van der Waals surface area (Å²) in [5.74, 6) is 0.827. The molecule has 0 spiro atoms. The number of amides is 1. The number of carbonyl (C=O) groups excluding carboxylic acids is 1. The van der Waals surface area contributed by atoms with Gasteiger partial charge in [-0.15, -0.1) is 0 Å². The minimum absolute atomic E-state index is 0.0695. The van der Waals surface area contributed by atoms with Crippen molar-refractivity contribution in [1.82, 2.24) is 19.2 Å². The topological polar surface area (TPSA) is 86.4 Å². The summed E-state index contributed by atoms with van der Waals surface area (Å²) in [5, 5.41) is 0. The molecule has 1 amide bonds. The van der Waals surface area contributed by atoms with Crippen LogP contribution in [0.15, 0.2) is 18.2 Å². The number of aromatic amines is 1. The maximum Gasteiger partial charge on any atom is 0.253 e. The van der Waals surface area contributed by atoms with Gasteiger partial charge in [-0.2, -0.15) is 0 Å². The van der Waals surface area contributed by atoms with Crippen molar-refractivity contribution in [2.45, 2.75) is 19.8 Å². The van der Waals surface area contributed by atoms with Crippen molar-refractivity contribution < 1.29 is 13.2 Å². The number of carbonyl (C=O) groups is 1. The molecule has 1 aliphatic heterocycles. The third-order valence-corrected chi connectivity index (χ3v) is 5.63. The van der Waals surface area contributed by atoms with Crippen LogP contribution in [0.1, 0.15) is 29.5 Å². The van der Waals surface area contributed by atoms with Crippen LogP contribution in [0.5, 0.6) is 0 Å². The molecule has 1 aromatic heterocycles. The van der Waals surface area contributed by atoms with Crippen LogP contribution < -0.4 is 0 Å². The Labute approximate surface area is 141 Å². The fourth-order valence-corrected chi connectivity index (χ4v) is 3.85. The summed E-state index contributed by atoms with van der Waals surface area (Å²) in [4.78, 5) is 22.1. The Morgan fingerprint density at radius 3 is 2.75 bits per heavy atom. The molecular formula is C16H22N4O3S. The van der Waals surface area contributed by atoms with Crippen molar-refractivity contribution in [2.75, 3.05) is 32.4 Å². The number of sulfonamides is 1. The normalized spacial score (nSPS) is 17.2. The number of H-pyrrole nitrogens is 1. The van der Waals surface area contributed by atoms with Gasteiger partial charge < -0.3 is 9.88 Å². The molecule has 0 unspecified atom stereocenters. The molecule has 1 fully saturated rings. The maximum atomic E-state index is 12.8. The molecule has 1 N–H and O–H groups in total. The van der Waals surface area contributed by atoms with E-state index in [9.17, 15) is 13.2 Å². The van der Waals surface area contributed by atoms with Crippen LogP contribution in [0.4, 0.5) is 0 Å². The number of benzene rings is 1. The van der Waals surface area contributed by atoms with Gasteiger partial charge >= 0.3 is 0 Å². The summed E-state index contributed by atoms with van der Waals surface area (Å²) in [5.41, 5.74) is 2.30. The average Bonchev–Trinajstić information content (AvgIpc) is 2.78. The predicted octanol–water partition coefficient (Wildman–Crippen LogP) is 1.23. The van der Waals surface area contributed by atoms with Crippen LogP contribution in [0.2, 0.25) is 0 Å². The lowest BCUT2D eigenvalue weighted by atomic mass is 10.1. The molecule has 8 heteroatoms. The zero-order chi connectivity index (χ0) is 17.3. The second-order valence-corrected chi connectivity index (χ2v) is 8.06. The van der Waals surface area contributed by atoms with E-state index in [1.54, 1.807) is 11.0 Å². The predicted molar refractivity (Wildman–Crippen MR) is 92.4 cm³/mol. The highest BCUT2D eigenvalue weighted by Gasteiger charge is 2.24. The van der Waals surface area contributed by atoms with Crippen LogP contribution >= 0.6 is 0 Å². The van der Waals surface area contributed by atoms with Crippen LogP contribution in [0, 0.1) is 0 Å². The monoisotopic (exact) mass is 350 g/mol. The number of rotatable bonds is 3. The minimum Gasteiger partial charge on any atom is -0.342 e. The summed E-state index contributed by atoms with van der Waals surface area (Å²) < 4.78 is 24.8. The van der Waals surface area contributed by atoms with Crippen molar-refractivity contribution in [3.8, 4) is 0 Å². The molecule has 1 aliphatic rings. The van der Waals surface area contributed by atoms with Gasteiger partial charge in [-0.1, -0.05) is 6.92 Å². The molecule has 1 aromatic carbocycles. The van der Waals surface area contributed by atoms with Gasteiger partial charge in [-0.05, 0) is 24.6 Å². The SMILES string of the molecule is CCc1nc2ccc(C(=O)N3CCCN(S(C)(=O)=O)CC3)cc2[nH]1. The summed E-state index contributed by atoms with van der Waals surface area (Å²) in [6, 6.07) is 5.45. The lowest BCUT2D eigenvalue weighted by Crippen LogP contribution is -2.36. The van der Waals surface area contributed by atoms with Crippen LogP contribution in [0.3, 0.4) is 0 Å². The van der Waals surface area contributed by atoms with E-state index in [1.165, 1.54) is 10.6 Å². The number of fused-ring (bicyclic) bond motifs is 1. The first-order valence-corrected chi connectivity index (χ1v) is 9.96. The first-order chi connectivity index (χ1) is 11.4. The Bertz CT molecular complexity index is 859. The van der Waals surface area contributed by atoms with Crippen molar-refractivity contribution in [2.24, 2.45) is 0 Å². The third-order valence-electron chi connectivity index (χ3n) is 4.32. The van der Waals surface area contributed by atoms with Gasteiger partial charge in [0.05, 0.1) is 17.3 Å². The van der Waals surface area contributed by atoms with E-state index < -0.39 is 10.0 Å². The van der Waals surface area contributed by atoms with E-state index in [0.29, 0.717) is 38.2 Å².